The topological polar surface area (TPSA) is 110 Å². The van der Waals surface area contributed by atoms with Gasteiger partial charge < -0.3 is 24.1 Å². The number of aliphatic hydroxyl groups is 2. The summed E-state index contributed by atoms with van der Waals surface area (Å²) in [7, 11) is 0. The second-order valence-corrected chi connectivity index (χ2v) is 11.8. The van der Waals surface area contributed by atoms with Crippen LogP contribution in [-0.2, 0) is 14.3 Å². The number of carbonyl (C=O) groups excluding carboxylic acids is 1. The zero-order valence-electron chi connectivity index (χ0n) is 19.6. The summed E-state index contributed by atoms with van der Waals surface area (Å²) in [5.74, 6) is 0.0816. The predicted molar refractivity (Wildman–Crippen MR) is 117 cm³/mol. The Morgan fingerprint density at radius 1 is 1.09 bits per heavy atom. The summed E-state index contributed by atoms with van der Waals surface area (Å²) in [4.78, 5) is 23.7. The molecule has 5 fully saturated rings. The van der Waals surface area contributed by atoms with E-state index in [9.17, 15) is 19.8 Å². The van der Waals surface area contributed by atoms with Crippen molar-refractivity contribution in [1.29, 1.82) is 0 Å². The molecule has 1 spiro atoms. The van der Waals surface area contributed by atoms with E-state index in [0.29, 0.717) is 12.8 Å². The summed E-state index contributed by atoms with van der Waals surface area (Å²) in [5.41, 5.74) is -1.34. The first kappa shape index (κ1) is 21.8. The van der Waals surface area contributed by atoms with Crippen molar-refractivity contribution in [2.75, 3.05) is 0 Å². The maximum atomic E-state index is 12.1. The molecule has 0 bridgehead atoms. The average Bonchev–Trinajstić information content (AvgIpc) is 3.45. The average molecular weight is 459 g/mol. The number of epoxide rings is 1. The highest BCUT2D eigenvalue weighted by Gasteiger charge is 2.85. The molecule has 0 radical (unpaired) electrons. The minimum absolute atomic E-state index is 0.118. The van der Waals surface area contributed by atoms with Crippen LogP contribution in [0.2, 0.25) is 0 Å². The molecule has 0 aromatic carbocycles. The smallest absolute Gasteiger partial charge is 0.335 e. The van der Waals surface area contributed by atoms with Crippen LogP contribution in [-0.4, -0.2) is 45.7 Å². The Bertz CT molecular complexity index is 1030. The van der Waals surface area contributed by atoms with Crippen LogP contribution in [0.3, 0.4) is 0 Å². The fraction of sp³-hybridized carbons (Fsp3) is 0.769. The van der Waals surface area contributed by atoms with Gasteiger partial charge in [-0.2, -0.15) is 0 Å². The molecular weight excluding hydrogens is 424 g/mol. The number of rotatable bonds is 2. The van der Waals surface area contributed by atoms with Crippen LogP contribution >= 0.6 is 0 Å². The van der Waals surface area contributed by atoms with Crippen molar-refractivity contribution in [3.63, 3.8) is 0 Å². The number of carbonyl (C=O) groups is 1. The first-order valence-electron chi connectivity index (χ1n) is 12.4. The van der Waals surface area contributed by atoms with Crippen molar-refractivity contribution < 1.29 is 28.9 Å². The lowest BCUT2D eigenvalue weighted by molar-refractivity contribution is -0.224. The second kappa shape index (κ2) is 6.70. The van der Waals surface area contributed by atoms with Crippen molar-refractivity contribution >= 4 is 5.97 Å². The van der Waals surface area contributed by atoms with Crippen LogP contribution in [0.1, 0.15) is 77.2 Å². The van der Waals surface area contributed by atoms with Gasteiger partial charge >= 0.3 is 11.6 Å². The minimum Gasteiger partial charge on any atom is -0.459 e. The molecule has 7 nitrogen and oxygen atoms in total. The molecule has 2 N–H and O–H groups in total. The van der Waals surface area contributed by atoms with Gasteiger partial charge in [-0.3, -0.25) is 4.79 Å². The third-order valence-corrected chi connectivity index (χ3v) is 10.6. The van der Waals surface area contributed by atoms with E-state index in [4.69, 9.17) is 13.9 Å². The normalized spacial score (nSPS) is 52.2. The third-order valence-electron chi connectivity index (χ3n) is 10.6. The van der Waals surface area contributed by atoms with Crippen LogP contribution < -0.4 is 5.63 Å². The Balaban J connectivity index is 1.42. The molecule has 1 saturated heterocycles. The SMILES string of the molecule is CC(=O)O[C@@H]1[C@@H](c2ccc(=O)oc2)[C@@]2(C)CC[C@@H]3[C@H](CC[C@@]4(O)C[C@@H](O)CC[C@]34C)[C@]23O[C@@H]13. The number of ether oxygens (including phenoxy) is 2. The molecule has 1 aromatic heterocycles. The molecule has 4 saturated carbocycles. The van der Waals surface area contributed by atoms with E-state index in [1.807, 2.05) is 0 Å². The lowest BCUT2D eigenvalue weighted by Gasteiger charge is -2.63. The van der Waals surface area contributed by atoms with Gasteiger partial charge in [-0.1, -0.05) is 13.8 Å². The number of hydrogen-bond acceptors (Lipinski definition) is 7. The first-order chi connectivity index (χ1) is 15.6. The van der Waals surface area contributed by atoms with E-state index >= 15 is 0 Å². The number of hydrogen-bond donors (Lipinski definition) is 2. The molecule has 180 valence electrons. The molecule has 33 heavy (non-hydrogen) atoms. The van der Waals surface area contributed by atoms with Gasteiger partial charge in [0.2, 0.25) is 0 Å². The Labute approximate surface area is 193 Å². The lowest BCUT2D eigenvalue weighted by Crippen LogP contribution is -2.65. The van der Waals surface area contributed by atoms with Crippen molar-refractivity contribution in [3.05, 3.63) is 34.4 Å². The van der Waals surface area contributed by atoms with Gasteiger partial charge in [0.25, 0.3) is 0 Å². The van der Waals surface area contributed by atoms with E-state index in [0.717, 1.165) is 37.7 Å². The molecule has 2 heterocycles. The maximum Gasteiger partial charge on any atom is 0.335 e. The van der Waals surface area contributed by atoms with Crippen molar-refractivity contribution in [2.24, 2.45) is 22.7 Å². The summed E-state index contributed by atoms with van der Waals surface area (Å²) >= 11 is 0. The Morgan fingerprint density at radius 2 is 1.82 bits per heavy atom. The van der Waals surface area contributed by atoms with Crippen LogP contribution in [0.15, 0.2) is 27.6 Å². The van der Waals surface area contributed by atoms with Crippen LogP contribution in [0.4, 0.5) is 0 Å². The van der Waals surface area contributed by atoms with E-state index < -0.39 is 29.0 Å². The quantitative estimate of drug-likeness (QED) is 0.518. The fourth-order valence-corrected chi connectivity index (χ4v) is 9.10. The predicted octanol–water partition coefficient (Wildman–Crippen LogP) is 2.91. The zero-order chi connectivity index (χ0) is 23.4. The van der Waals surface area contributed by atoms with Gasteiger partial charge in [0.15, 0.2) is 0 Å². The van der Waals surface area contributed by atoms with Crippen LogP contribution in [0.5, 0.6) is 0 Å². The lowest BCUT2D eigenvalue weighted by atomic mass is 9.42. The van der Waals surface area contributed by atoms with Gasteiger partial charge in [0.1, 0.15) is 17.8 Å². The van der Waals surface area contributed by atoms with Crippen molar-refractivity contribution in [3.8, 4) is 0 Å². The highest BCUT2D eigenvalue weighted by atomic mass is 16.7. The molecular formula is C26H34O7. The largest absolute Gasteiger partial charge is 0.459 e. The number of esters is 1. The highest BCUT2D eigenvalue weighted by molar-refractivity contribution is 5.66. The Hall–Kier alpha value is -1.70. The minimum atomic E-state index is -0.850. The molecule has 1 aliphatic heterocycles. The Kier molecular flexibility index (Phi) is 4.43. The molecule has 4 aliphatic carbocycles. The van der Waals surface area contributed by atoms with Crippen LogP contribution in [0, 0.1) is 22.7 Å². The van der Waals surface area contributed by atoms with Gasteiger partial charge in [0.05, 0.1) is 18.0 Å². The molecule has 0 amide bonds. The molecule has 1 aromatic rings. The van der Waals surface area contributed by atoms with Crippen LogP contribution in [0.25, 0.3) is 0 Å². The van der Waals surface area contributed by atoms with Crippen molar-refractivity contribution in [2.45, 2.75) is 101 Å². The second-order valence-electron chi connectivity index (χ2n) is 11.8. The van der Waals surface area contributed by atoms with E-state index in [1.165, 1.54) is 19.3 Å². The fourth-order valence-electron chi connectivity index (χ4n) is 9.10. The molecule has 10 atom stereocenters. The Morgan fingerprint density at radius 3 is 2.52 bits per heavy atom. The monoisotopic (exact) mass is 458 g/mol. The summed E-state index contributed by atoms with van der Waals surface area (Å²) in [5, 5.41) is 22.0. The number of fused-ring (bicyclic) bond motifs is 3. The summed E-state index contributed by atoms with van der Waals surface area (Å²) in [6, 6.07) is 3.23. The third kappa shape index (κ3) is 2.62. The summed E-state index contributed by atoms with van der Waals surface area (Å²) in [6.45, 7) is 5.89. The van der Waals surface area contributed by atoms with E-state index in [-0.39, 0.29) is 40.7 Å². The highest BCUT2D eigenvalue weighted by Crippen LogP contribution is 2.78. The van der Waals surface area contributed by atoms with Crippen molar-refractivity contribution in [1.82, 2.24) is 0 Å². The standard InChI is InChI=1S/C26H34O7/c1-14(27)32-21-20(15-4-5-19(29)31-13-15)24(3)10-7-17-18(26(24)22(21)33-26)8-11-25(30)12-16(28)6-9-23(17,25)2/h4-5,13,16-18,20-22,28,30H,6-12H2,1-3H3/t16-,17+,18-,20+,21+,22-,23+,24+,25+,26+/m0/s1. The molecule has 5 aliphatic rings. The molecule has 6 rings (SSSR count). The zero-order valence-corrected chi connectivity index (χ0v) is 19.6. The van der Waals surface area contributed by atoms with Gasteiger partial charge in [0, 0.05) is 30.7 Å². The van der Waals surface area contributed by atoms with E-state index in [1.54, 1.807) is 6.07 Å². The van der Waals surface area contributed by atoms with Gasteiger partial charge in [-0.15, -0.1) is 0 Å². The number of aliphatic hydroxyl groups excluding tert-OH is 1. The van der Waals surface area contributed by atoms with Gasteiger partial charge in [-0.05, 0) is 67.4 Å². The molecule has 0 unspecified atom stereocenters. The maximum absolute atomic E-state index is 12.1. The first-order valence-corrected chi connectivity index (χ1v) is 12.4. The van der Waals surface area contributed by atoms with E-state index in [2.05, 4.69) is 13.8 Å². The van der Waals surface area contributed by atoms with Gasteiger partial charge in [-0.25, -0.2) is 4.79 Å². The summed E-state index contributed by atoms with van der Waals surface area (Å²) in [6.07, 6.45) is 5.74. The molecule has 7 heteroatoms. The summed E-state index contributed by atoms with van der Waals surface area (Å²) < 4.78 is 17.7.